The summed E-state index contributed by atoms with van der Waals surface area (Å²) in [6.07, 6.45) is 0. The number of nitrogens with two attached hydrogens (primary N) is 1. The number of rotatable bonds is 2. The molecule has 0 aliphatic rings. The van der Waals surface area contributed by atoms with Gasteiger partial charge in [0.05, 0.1) is 22.3 Å². The van der Waals surface area contributed by atoms with Crippen LogP contribution < -0.4 is 11.3 Å². The van der Waals surface area contributed by atoms with E-state index in [0.717, 1.165) is 33.6 Å². The summed E-state index contributed by atoms with van der Waals surface area (Å²) in [5.41, 5.74) is 11.4. The van der Waals surface area contributed by atoms with Gasteiger partial charge in [0.2, 0.25) is 0 Å². The van der Waals surface area contributed by atoms with E-state index < -0.39 is 5.60 Å². The summed E-state index contributed by atoms with van der Waals surface area (Å²) in [4.78, 5) is 15.5. The standard InChI is InChI=1S/C21H21N3O2/c1-12-14(5-4-6-15(12)22)17-9-10-19-20(25)23-16-11-13(21(2,3)26)7-8-18(16)24(17)19/h4-11,26H,22H2,1-3H3,(H,23,25). The van der Waals surface area contributed by atoms with Crippen LogP contribution in [0.4, 0.5) is 5.69 Å². The number of nitrogens with one attached hydrogen (secondary N) is 1. The molecule has 4 N–H and O–H groups in total. The van der Waals surface area contributed by atoms with Crippen molar-refractivity contribution in [2.24, 2.45) is 0 Å². The van der Waals surface area contributed by atoms with Gasteiger partial charge in [0.1, 0.15) is 5.52 Å². The van der Waals surface area contributed by atoms with Gasteiger partial charge in [0.15, 0.2) is 0 Å². The van der Waals surface area contributed by atoms with E-state index in [2.05, 4.69) is 4.98 Å². The molecule has 2 heterocycles. The highest BCUT2D eigenvalue weighted by Gasteiger charge is 2.18. The first kappa shape index (κ1) is 16.4. The van der Waals surface area contributed by atoms with Crippen LogP contribution >= 0.6 is 0 Å². The second-order valence-electron chi connectivity index (χ2n) is 7.20. The molecule has 2 aromatic heterocycles. The molecule has 132 valence electrons. The summed E-state index contributed by atoms with van der Waals surface area (Å²) in [5.74, 6) is 0. The summed E-state index contributed by atoms with van der Waals surface area (Å²) in [5, 5.41) is 10.3. The quantitative estimate of drug-likeness (QED) is 0.485. The first-order chi connectivity index (χ1) is 12.3. The van der Waals surface area contributed by atoms with E-state index in [0.29, 0.717) is 11.0 Å². The van der Waals surface area contributed by atoms with Gasteiger partial charge in [-0.05, 0) is 62.2 Å². The number of H-pyrrole nitrogens is 1. The largest absolute Gasteiger partial charge is 0.398 e. The van der Waals surface area contributed by atoms with Crippen molar-refractivity contribution < 1.29 is 5.11 Å². The van der Waals surface area contributed by atoms with Gasteiger partial charge in [0.25, 0.3) is 5.56 Å². The Balaban J connectivity index is 2.11. The molecular weight excluding hydrogens is 326 g/mol. The molecule has 0 aliphatic heterocycles. The van der Waals surface area contributed by atoms with Crippen molar-refractivity contribution in [3.63, 3.8) is 0 Å². The fourth-order valence-corrected chi connectivity index (χ4v) is 3.41. The van der Waals surface area contributed by atoms with Gasteiger partial charge in [-0.15, -0.1) is 0 Å². The van der Waals surface area contributed by atoms with E-state index in [9.17, 15) is 9.90 Å². The highest BCUT2D eigenvalue weighted by Crippen LogP contribution is 2.31. The minimum absolute atomic E-state index is 0.168. The zero-order chi connectivity index (χ0) is 18.6. The van der Waals surface area contributed by atoms with Crippen LogP contribution in [0.1, 0.15) is 25.0 Å². The van der Waals surface area contributed by atoms with E-state index in [1.165, 1.54) is 0 Å². The van der Waals surface area contributed by atoms with Gasteiger partial charge in [-0.2, -0.15) is 0 Å². The highest BCUT2D eigenvalue weighted by molar-refractivity contribution is 5.84. The van der Waals surface area contributed by atoms with Gasteiger partial charge < -0.3 is 20.2 Å². The lowest BCUT2D eigenvalue weighted by Gasteiger charge is -2.18. The van der Waals surface area contributed by atoms with Crippen molar-refractivity contribution in [3.05, 3.63) is 70.0 Å². The summed E-state index contributed by atoms with van der Waals surface area (Å²) in [7, 11) is 0. The number of aromatic nitrogens is 2. The second kappa shape index (κ2) is 5.47. The predicted octanol–water partition coefficient (Wildman–Crippen LogP) is 3.57. The Morgan fingerprint density at radius 1 is 1.08 bits per heavy atom. The maximum Gasteiger partial charge on any atom is 0.272 e. The summed E-state index contributed by atoms with van der Waals surface area (Å²) >= 11 is 0. The molecule has 0 atom stereocenters. The number of hydrogen-bond donors (Lipinski definition) is 3. The molecule has 0 radical (unpaired) electrons. The lowest BCUT2D eigenvalue weighted by molar-refractivity contribution is 0.0787. The van der Waals surface area contributed by atoms with Gasteiger partial charge in [-0.25, -0.2) is 0 Å². The number of aliphatic hydroxyl groups is 1. The van der Waals surface area contributed by atoms with Crippen molar-refractivity contribution >= 4 is 22.2 Å². The zero-order valence-corrected chi connectivity index (χ0v) is 15.0. The Morgan fingerprint density at radius 2 is 1.81 bits per heavy atom. The number of aromatic amines is 1. The summed E-state index contributed by atoms with van der Waals surface area (Å²) in [6.45, 7) is 5.43. The van der Waals surface area contributed by atoms with Crippen LogP contribution in [0.5, 0.6) is 0 Å². The number of fused-ring (bicyclic) bond motifs is 3. The molecule has 4 aromatic rings. The van der Waals surface area contributed by atoms with Gasteiger partial charge in [0, 0.05) is 11.3 Å². The number of nitrogens with zero attached hydrogens (tertiary/aromatic N) is 1. The molecule has 0 fully saturated rings. The molecule has 4 rings (SSSR count). The van der Waals surface area contributed by atoms with Crippen LogP contribution in [0.25, 0.3) is 27.8 Å². The Labute approximate surface area is 150 Å². The van der Waals surface area contributed by atoms with Crippen LogP contribution in [0.3, 0.4) is 0 Å². The molecule has 0 saturated carbocycles. The van der Waals surface area contributed by atoms with Crippen LogP contribution in [0.15, 0.2) is 53.3 Å². The van der Waals surface area contributed by atoms with Gasteiger partial charge in [-0.1, -0.05) is 18.2 Å². The molecular formula is C21H21N3O2. The fraction of sp³-hybridized carbons (Fsp3) is 0.190. The summed E-state index contributed by atoms with van der Waals surface area (Å²) < 4.78 is 1.95. The number of benzene rings is 2. The Bertz CT molecular complexity index is 1210. The maximum atomic E-state index is 12.6. The van der Waals surface area contributed by atoms with E-state index in [1.54, 1.807) is 13.8 Å². The van der Waals surface area contributed by atoms with Crippen molar-refractivity contribution in [3.8, 4) is 11.3 Å². The number of anilines is 1. The van der Waals surface area contributed by atoms with Gasteiger partial charge >= 0.3 is 0 Å². The SMILES string of the molecule is Cc1c(N)cccc1-c1ccc2c(=O)[nH]c3cc(C(C)(C)O)ccc3n12. The maximum absolute atomic E-state index is 12.6. The molecule has 0 spiro atoms. The predicted molar refractivity (Wildman–Crippen MR) is 105 cm³/mol. The molecule has 2 aromatic carbocycles. The molecule has 0 unspecified atom stereocenters. The van der Waals surface area contributed by atoms with Crippen LogP contribution in [-0.4, -0.2) is 14.5 Å². The Morgan fingerprint density at radius 3 is 2.54 bits per heavy atom. The lowest BCUT2D eigenvalue weighted by Crippen LogP contribution is -2.16. The van der Waals surface area contributed by atoms with E-state index >= 15 is 0 Å². The van der Waals surface area contributed by atoms with E-state index in [4.69, 9.17) is 5.73 Å². The third kappa shape index (κ3) is 2.40. The zero-order valence-electron chi connectivity index (χ0n) is 15.0. The molecule has 5 heteroatoms. The Kier molecular flexibility index (Phi) is 3.46. The minimum Gasteiger partial charge on any atom is -0.398 e. The summed E-state index contributed by atoms with van der Waals surface area (Å²) in [6, 6.07) is 15.2. The second-order valence-corrected chi connectivity index (χ2v) is 7.20. The van der Waals surface area contributed by atoms with Crippen molar-refractivity contribution in [1.82, 2.24) is 9.38 Å². The molecule has 0 amide bonds. The van der Waals surface area contributed by atoms with Crippen LogP contribution in [-0.2, 0) is 5.60 Å². The first-order valence-corrected chi connectivity index (χ1v) is 8.53. The van der Waals surface area contributed by atoms with Crippen molar-refractivity contribution in [2.45, 2.75) is 26.4 Å². The molecule has 0 aliphatic carbocycles. The average molecular weight is 347 g/mol. The molecule has 0 saturated heterocycles. The average Bonchev–Trinajstić information content (AvgIpc) is 3.02. The normalized spacial score (nSPS) is 12.2. The fourth-order valence-electron chi connectivity index (χ4n) is 3.41. The first-order valence-electron chi connectivity index (χ1n) is 8.53. The third-order valence-corrected chi connectivity index (χ3v) is 4.96. The van der Waals surface area contributed by atoms with Crippen molar-refractivity contribution in [1.29, 1.82) is 0 Å². The number of nitrogen functional groups attached to an aromatic ring is 1. The van der Waals surface area contributed by atoms with Crippen LogP contribution in [0.2, 0.25) is 0 Å². The molecule has 5 nitrogen and oxygen atoms in total. The molecule has 0 bridgehead atoms. The highest BCUT2D eigenvalue weighted by atomic mass is 16.3. The smallest absolute Gasteiger partial charge is 0.272 e. The van der Waals surface area contributed by atoms with Crippen molar-refractivity contribution in [2.75, 3.05) is 5.73 Å². The minimum atomic E-state index is -0.982. The van der Waals surface area contributed by atoms with Crippen LogP contribution in [0, 0.1) is 6.92 Å². The molecule has 26 heavy (non-hydrogen) atoms. The topological polar surface area (TPSA) is 83.5 Å². The van der Waals surface area contributed by atoms with Gasteiger partial charge in [-0.3, -0.25) is 4.79 Å². The lowest BCUT2D eigenvalue weighted by atomic mass is 9.98. The number of hydrogen-bond acceptors (Lipinski definition) is 3. The monoisotopic (exact) mass is 347 g/mol. The Hall–Kier alpha value is -3.05. The van der Waals surface area contributed by atoms with E-state index in [-0.39, 0.29) is 5.56 Å². The third-order valence-electron chi connectivity index (χ3n) is 4.96. The van der Waals surface area contributed by atoms with E-state index in [1.807, 2.05) is 59.9 Å².